The van der Waals surface area contributed by atoms with Crippen LogP contribution in [0.25, 0.3) is 11.8 Å². The number of hydrogen-bond acceptors (Lipinski definition) is 4. The fourth-order valence-electron chi connectivity index (χ4n) is 5.10. The highest BCUT2D eigenvalue weighted by atomic mass is 16.5. The van der Waals surface area contributed by atoms with E-state index in [-0.39, 0.29) is 17.1 Å². The number of carbonyl (C=O) groups excluding carboxylic acids is 1. The van der Waals surface area contributed by atoms with Crippen molar-refractivity contribution in [3.8, 4) is 11.5 Å². The first-order valence-electron chi connectivity index (χ1n) is 12.2. The average Bonchev–Trinajstić information content (AvgIpc) is 2.91. The third-order valence-corrected chi connectivity index (χ3v) is 7.08. The fraction of sp³-hybridized carbons (Fsp3) is 0.219. The first kappa shape index (κ1) is 23.7. The van der Waals surface area contributed by atoms with Crippen LogP contribution in [0.5, 0.6) is 11.5 Å². The zero-order valence-corrected chi connectivity index (χ0v) is 21.2. The molecule has 4 nitrogen and oxygen atoms in total. The number of ketones is 1. The molecule has 0 aromatic heterocycles. The minimum atomic E-state index is -0.327. The number of carbonyl (C=O) groups is 1. The van der Waals surface area contributed by atoms with Crippen LogP contribution in [0.4, 0.5) is 0 Å². The molecule has 0 saturated heterocycles. The molecule has 0 amide bonds. The van der Waals surface area contributed by atoms with Crippen molar-refractivity contribution in [1.82, 2.24) is 5.32 Å². The maximum Gasteiger partial charge on any atom is 0.188 e. The van der Waals surface area contributed by atoms with E-state index in [1.807, 2.05) is 60.7 Å². The summed E-state index contributed by atoms with van der Waals surface area (Å²) < 4.78 is 10.7. The number of Topliss-reactive ketones (excluding diaryl/α,β-unsaturated/α-hetero) is 1. The van der Waals surface area contributed by atoms with E-state index in [9.17, 15) is 4.79 Å². The quantitative estimate of drug-likeness (QED) is 0.412. The lowest BCUT2D eigenvalue weighted by atomic mass is 9.67. The van der Waals surface area contributed by atoms with Gasteiger partial charge in [-0.15, -0.1) is 0 Å². The van der Waals surface area contributed by atoms with Gasteiger partial charge in [0.25, 0.3) is 0 Å². The molecule has 36 heavy (non-hydrogen) atoms. The molecule has 0 spiro atoms. The van der Waals surface area contributed by atoms with E-state index >= 15 is 0 Å². The van der Waals surface area contributed by atoms with E-state index < -0.39 is 0 Å². The Kier molecular flexibility index (Phi) is 6.27. The molecule has 3 aromatic carbocycles. The zero-order chi connectivity index (χ0) is 25.3. The molecule has 4 heteroatoms. The molecule has 1 atom stereocenters. The first-order valence-corrected chi connectivity index (χ1v) is 12.2. The molecule has 5 rings (SSSR count). The molecule has 1 aliphatic carbocycles. The van der Waals surface area contributed by atoms with Gasteiger partial charge in [-0.2, -0.15) is 0 Å². The van der Waals surface area contributed by atoms with E-state index in [1.54, 1.807) is 14.2 Å². The van der Waals surface area contributed by atoms with Gasteiger partial charge in [-0.25, -0.2) is 0 Å². The summed E-state index contributed by atoms with van der Waals surface area (Å²) in [6, 6.07) is 26.1. The molecule has 1 heterocycles. The minimum Gasteiger partial charge on any atom is -0.497 e. The number of methoxy groups -OCH3 is 2. The van der Waals surface area contributed by atoms with Gasteiger partial charge in [0, 0.05) is 28.5 Å². The van der Waals surface area contributed by atoms with E-state index in [4.69, 9.17) is 9.47 Å². The predicted molar refractivity (Wildman–Crippen MR) is 145 cm³/mol. The van der Waals surface area contributed by atoms with Crippen molar-refractivity contribution in [2.75, 3.05) is 14.2 Å². The second kappa shape index (κ2) is 9.54. The Morgan fingerprint density at radius 2 is 1.47 bits per heavy atom. The van der Waals surface area contributed by atoms with Crippen LogP contribution in [-0.4, -0.2) is 20.0 Å². The SMILES string of the molecule is COc1ccc(/C=C2\C(=O)C3=C(CC2(C)C)NC(c2ccccc2)=CC3c2ccc(OC)cc2)cc1. The number of allylic oxidation sites excluding steroid dienone is 4. The van der Waals surface area contributed by atoms with E-state index in [0.717, 1.165) is 57.2 Å². The van der Waals surface area contributed by atoms with Crippen LogP contribution in [0, 0.1) is 5.41 Å². The van der Waals surface area contributed by atoms with Gasteiger partial charge >= 0.3 is 0 Å². The highest BCUT2D eigenvalue weighted by molar-refractivity contribution is 6.15. The average molecular weight is 478 g/mol. The molecule has 2 aliphatic rings. The summed E-state index contributed by atoms with van der Waals surface area (Å²) in [7, 11) is 3.32. The van der Waals surface area contributed by atoms with Crippen molar-refractivity contribution in [2.45, 2.75) is 26.2 Å². The minimum absolute atomic E-state index is 0.0914. The summed E-state index contributed by atoms with van der Waals surface area (Å²) in [5.41, 5.74) is 6.50. The summed E-state index contributed by atoms with van der Waals surface area (Å²) in [6.07, 6.45) is 4.96. The second-order valence-corrected chi connectivity index (χ2v) is 9.94. The number of nitrogens with one attached hydrogen (secondary N) is 1. The van der Waals surface area contributed by atoms with Crippen LogP contribution in [-0.2, 0) is 4.79 Å². The Bertz CT molecular complexity index is 1360. The van der Waals surface area contributed by atoms with Gasteiger partial charge in [0.1, 0.15) is 11.5 Å². The second-order valence-electron chi connectivity index (χ2n) is 9.94. The molecule has 1 unspecified atom stereocenters. The van der Waals surface area contributed by atoms with Crippen LogP contribution in [0.15, 0.2) is 102 Å². The van der Waals surface area contributed by atoms with Crippen LogP contribution in [0.1, 0.15) is 42.9 Å². The summed E-state index contributed by atoms with van der Waals surface area (Å²) in [5.74, 6) is 1.52. The Hall–Kier alpha value is -4.05. The van der Waals surface area contributed by atoms with E-state index in [1.165, 1.54) is 0 Å². The van der Waals surface area contributed by atoms with Crippen molar-refractivity contribution in [3.63, 3.8) is 0 Å². The molecular formula is C32H31NO3. The first-order chi connectivity index (χ1) is 17.4. The maximum atomic E-state index is 14.2. The maximum absolute atomic E-state index is 14.2. The van der Waals surface area contributed by atoms with Gasteiger partial charge < -0.3 is 14.8 Å². The van der Waals surface area contributed by atoms with Crippen molar-refractivity contribution in [1.29, 1.82) is 0 Å². The molecule has 1 N–H and O–H groups in total. The monoisotopic (exact) mass is 477 g/mol. The zero-order valence-electron chi connectivity index (χ0n) is 21.2. The summed E-state index contributed by atoms with van der Waals surface area (Å²) >= 11 is 0. The lowest BCUT2D eigenvalue weighted by Gasteiger charge is -2.40. The molecule has 0 fully saturated rings. The van der Waals surface area contributed by atoms with Gasteiger partial charge in [0.15, 0.2) is 5.78 Å². The van der Waals surface area contributed by atoms with Crippen molar-refractivity contribution < 1.29 is 14.3 Å². The standard InChI is InChI=1S/C32H31NO3/c1-32(2)20-29-30(31(34)27(32)18-21-10-14-24(35-3)15-11-21)26(22-12-16-25(36-4)17-13-22)19-28(33-29)23-8-6-5-7-9-23/h5-19,26,33H,20H2,1-4H3/b27-18+. The Labute approximate surface area is 213 Å². The van der Waals surface area contributed by atoms with Crippen LogP contribution >= 0.6 is 0 Å². The molecular weight excluding hydrogens is 446 g/mol. The van der Waals surface area contributed by atoms with Crippen molar-refractivity contribution >= 4 is 17.6 Å². The molecule has 3 aromatic rings. The van der Waals surface area contributed by atoms with Crippen LogP contribution in [0.3, 0.4) is 0 Å². The van der Waals surface area contributed by atoms with Crippen LogP contribution in [0.2, 0.25) is 0 Å². The number of benzene rings is 3. The Morgan fingerprint density at radius 3 is 2.08 bits per heavy atom. The van der Waals surface area contributed by atoms with E-state index in [2.05, 4.69) is 49.5 Å². The number of dihydropyridines is 1. The summed E-state index contributed by atoms with van der Waals surface area (Å²) in [5, 5.41) is 3.63. The fourth-order valence-corrected chi connectivity index (χ4v) is 5.10. The normalized spacial score (nSPS) is 19.9. The Morgan fingerprint density at radius 1 is 0.861 bits per heavy atom. The van der Waals surface area contributed by atoms with Gasteiger partial charge in [-0.1, -0.05) is 68.4 Å². The molecule has 0 bridgehead atoms. The third kappa shape index (κ3) is 4.47. The summed E-state index contributed by atoms with van der Waals surface area (Å²) in [4.78, 5) is 14.2. The smallest absolute Gasteiger partial charge is 0.188 e. The summed E-state index contributed by atoms with van der Waals surface area (Å²) in [6.45, 7) is 4.29. The third-order valence-electron chi connectivity index (χ3n) is 7.08. The van der Waals surface area contributed by atoms with Gasteiger partial charge in [-0.3, -0.25) is 4.79 Å². The van der Waals surface area contributed by atoms with Gasteiger partial charge in [-0.05, 0) is 64.9 Å². The van der Waals surface area contributed by atoms with Gasteiger partial charge in [0.05, 0.1) is 14.2 Å². The number of rotatable bonds is 5. The van der Waals surface area contributed by atoms with Crippen LogP contribution < -0.4 is 14.8 Å². The lowest BCUT2D eigenvalue weighted by Crippen LogP contribution is -2.37. The van der Waals surface area contributed by atoms with Gasteiger partial charge in [0.2, 0.25) is 0 Å². The molecule has 0 radical (unpaired) electrons. The predicted octanol–water partition coefficient (Wildman–Crippen LogP) is 6.77. The topological polar surface area (TPSA) is 47.6 Å². The number of ether oxygens (including phenoxy) is 2. The van der Waals surface area contributed by atoms with Crippen molar-refractivity contribution in [2.24, 2.45) is 5.41 Å². The Balaban J connectivity index is 1.61. The molecule has 0 saturated carbocycles. The largest absolute Gasteiger partial charge is 0.497 e. The van der Waals surface area contributed by atoms with Crippen molar-refractivity contribution in [3.05, 3.63) is 118 Å². The molecule has 1 aliphatic heterocycles. The highest BCUT2D eigenvalue weighted by Gasteiger charge is 2.42. The highest BCUT2D eigenvalue weighted by Crippen LogP contribution is 2.48. The van der Waals surface area contributed by atoms with E-state index in [0.29, 0.717) is 0 Å². The molecule has 182 valence electrons. The number of hydrogen-bond donors (Lipinski definition) is 1. The lowest BCUT2D eigenvalue weighted by molar-refractivity contribution is -0.113.